The van der Waals surface area contributed by atoms with Gasteiger partial charge >= 0.3 is 0 Å². The number of pyridine rings is 1. The first kappa shape index (κ1) is 12.0. The summed E-state index contributed by atoms with van der Waals surface area (Å²) < 4.78 is 5.88. The molecule has 0 spiro atoms. The number of thioether (sulfide) groups is 1. The summed E-state index contributed by atoms with van der Waals surface area (Å²) in [5, 5.41) is 0. The Hall–Kier alpha value is -1.52. The molecule has 0 fully saturated rings. The van der Waals surface area contributed by atoms with Crippen molar-refractivity contribution >= 4 is 11.8 Å². The van der Waals surface area contributed by atoms with Gasteiger partial charge in [-0.1, -0.05) is 12.1 Å². The van der Waals surface area contributed by atoms with E-state index in [1.807, 2.05) is 36.6 Å². The van der Waals surface area contributed by atoms with Crippen molar-refractivity contribution in [3.8, 4) is 11.5 Å². The summed E-state index contributed by atoms with van der Waals surface area (Å²) in [7, 11) is 0. The molecule has 2 N–H and O–H groups in total. The number of nitrogens with zero attached hydrogens (tertiary/aromatic N) is 1. The van der Waals surface area contributed by atoms with E-state index in [2.05, 4.69) is 4.98 Å². The van der Waals surface area contributed by atoms with Crippen LogP contribution in [0.2, 0.25) is 0 Å². The number of aromatic nitrogens is 1. The van der Waals surface area contributed by atoms with E-state index in [0.29, 0.717) is 6.54 Å². The molecule has 2 rings (SSSR count). The van der Waals surface area contributed by atoms with Gasteiger partial charge in [-0.15, -0.1) is 11.8 Å². The molecule has 17 heavy (non-hydrogen) atoms. The summed E-state index contributed by atoms with van der Waals surface area (Å²) >= 11 is 1.66. The van der Waals surface area contributed by atoms with Crippen molar-refractivity contribution in [2.45, 2.75) is 11.4 Å². The average molecular weight is 246 g/mol. The van der Waals surface area contributed by atoms with Gasteiger partial charge in [-0.2, -0.15) is 0 Å². The smallest absolute Gasteiger partial charge is 0.140 e. The standard InChI is InChI=1S/C13H14N2OS/c1-17-13-5-3-2-4-12(13)16-11-6-7-15-9-10(11)8-14/h2-7,9H,8,14H2,1H3. The molecule has 4 heteroatoms. The minimum absolute atomic E-state index is 0.421. The van der Waals surface area contributed by atoms with E-state index in [1.165, 1.54) is 0 Å². The molecule has 1 aromatic heterocycles. The zero-order valence-corrected chi connectivity index (χ0v) is 10.4. The van der Waals surface area contributed by atoms with Gasteiger partial charge in [0.05, 0.1) is 0 Å². The lowest BCUT2D eigenvalue weighted by Gasteiger charge is -2.11. The molecule has 2 aromatic rings. The van der Waals surface area contributed by atoms with Crippen molar-refractivity contribution < 1.29 is 4.74 Å². The average Bonchev–Trinajstić information content (AvgIpc) is 2.40. The first-order valence-electron chi connectivity index (χ1n) is 5.29. The highest BCUT2D eigenvalue weighted by atomic mass is 32.2. The van der Waals surface area contributed by atoms with Crippen LogP contribution in [0.25, 0.3) is 0 Å². The third kappa shape index (κ3) is 2.78. The summed E-state index contributed by atoms with van der Waals surface area (Å²) in [6.45, 7) is 0.421. The molecule has 0 aliphatic heterocycles. The summed E-state index contributed by atoms with van der Waals surface area (Å²) in [4.78, 5) is 5.14. The normalized spacial score (nSPS) is 10.2. The molecule has 0 aliphatic rings. The summed E-state index contributed by atoms with van der Waals surface area (Å²) in [6, 6.07) is 9.77. The highest BCUT2D eigenvalue weighted by molar-refractivity contribution is 7.98. The van der Waals surface area contributed by atoms with Crippen LogP contribution in [-0.2, 0) is 6.54 Å². The van der Waals surface area contributed by atoms with Crippen molar-refractivity contribution in [2.24, 2.45) is 5.73 Å². The fourth-order valence-electron chi connectivity index (χ4n) is 1.49. The van der Waals surface area contributed by atoms with Crippen LogP contribution in [0.1, 0.15) is 5.56 Å². The summed E-state index contributed by atoms with van der Waals surface area (Å²) in [5.41, 5.74) is 6.56. The van der Waals surface area contributed by atoms with Gasteiger partial charge in [0, 0.05) is 29.4 Å². The molecule has 1 heterocycles. The zero-order chi connectivity index (χ0) is 12.1. The number of hydrogen-bond acceptors (Lipinski definition) is 4. The molecule has 0 atom stereocenters. The van der Waals surface area contributed by atoms with Gasteiger partial charge in [-0.3, -0.25) is 4.98 Å². The number of benzene rings is 1. The fraction of sp³-hybridized carbons (Fsp3) is 0.154. The van der Waals surface area contributed by atoms with Crippen molar-refractivity contribution in [3.63, 3.8) is 0 Å². The topological polar surface area (TPSA) is 48.1 Å². The SMILES string of the molecule is CSc1ccccc1Oc1ccncc1CN. The van der Waals surface area contributed by atoms with Crippen LogP contribution < -0.4 is 10.5 Å². The predicted octanol–water partition coefficient (Wildman–Crippen LogP) is 3.05. The summed E-state index contributed by atoms with van der Waals surface area (Å²) in [5.74, 6) is 1.62. The largest absolute Gasteiger partial charge is 0.456 e. The van der Waals surface area contributed by atoms with E-state index < -0.39 is 0 Å². The van der Waals surface area contributed by atoms with Crippen LogP contribution in [0.5, 0.6) is 11.5 Å². The minimum Gasteiger partial charge on any atom is -0.456 e. The third-order valence-corrected chi connectivity index (χ3v) is 3.14. The third-order valence-electron chi connectivity index (χ3n) is 2.37. The van der Waals surface area contributed by atoms with Gasteiger partial charge in [0.15, 0.2) is 0 Å². The van der Waals surface area contributed by atoms with Gasteiger partial charge in [0.1, 0.15) is 11.5 Å². The number of rotatable bonds is 4. The second-order valence-electron chi connectivity index (χ2n) is 3.44. The quantitative estimate of drug-likeness (QED) is 0.842. The second-order valence-corrected chi connectivity index (χ2v) is 4.29. The maximum Gasteiger partial charge on any atom is 0.140 e. The van der Waals surface area contributed by atoms with Gasteiger partial charge < -0.3 is 10.5 Å². The molecular formula is C13H14N2OS. The molecule has 0 saturated heterocycles. The Kier molecular flexibility index (Phi) is 4.01. The highest BCUT2D eigenvalue weighted by Crippen LogP contribution is 2.32. The molecule has 88 valence electrons. The zero-order valence-electron chi connectivity index (χ0n) is 9.59. The van der Waals surface area contributed by atoms with E-state index in [0.717, 1.165) is 22.0 Å². The Balaban J connectivity index is 2.31. The van der Waals surface area contributed by atoms with E-state index in [9.17, 15) is 0 Å². The van der Waals surface area contributed by atoms with Crippen LogP contribution >= 0.6 is 11.8 Å². The summed E-state index contributed by atoms with van der Waals surface area (Å²) in [6.07, 6.45) is 5.46. The van der Waals surface area contributed by atoms with Gasteiger partial charge in [-0.25, -0.2) is 0 Å². The molecule has 0 radical (unpaired) electrons. The monoisotopic (exact) mass is 246 g/mol. The number of ether oxygens (including phenoxy) is 1. The van der Waals surface area contributed by atoms with Crippen molar-refractivity contribution in [1.29, 1.82) is 0 Å². The van der Waals surface area contributed by atoms with Crippen LogP contribution in [-0.4, -0.2) is 11.2 Å². The first-order valence-corrected chi connectivity index (χ1v) is 6.51. The Labute approximate surface area is 105 Å². The molecule has 0 unspecified atom stereocenters. The molecular weight excluding hydrogens is 232 g/mol. The maximum absolute atomic E-state index is 5.88. The lowest BCUT2D eigenvalue weighted by molar-refractivity contribution is 0.464. The molecule has 1 aromatic carbocycles. The highest BCUT2D eigenvalue weighted by Gasteiger charge is 2.06. The maximum atomic E-state index is 5.88. The molecule has 0 amide bonds. The van der Waals surface area contributed by atoms with Gasteiger partial charge in [0.25, 0.3) is 0 Å². The molecule has 0 aliphatic carbocycles. The van der Waals surface area contributed by atoms with Crippen LogP contribution in [0.3, 0.4) is 0 Å². The van der Waals surface area contributed by atoms with Crippen LogP contribution in [0, 0.1) is 0 Å². The lowest BCUT2D eigenvalue weighted by Crippen LogP contribution is -2.00. The van der Waals surface area contributed by atoms with E-state index in [1.54, 1.807) is 24.2 Å². The minimum atomic E-state index is 0.421. The van der Waals surface area contributed by atoms with Crippen molar-refractivity contribution in [1.82, 2.24) is 4.98 Å². The Morgan fingerprint density at radius 1 is 1.24 bits per heavy atom. The second kappa shape index (κ2) is 5.70. The van der Waals surface area contributed by atoms with Gasteiger partial charge in [0.2, 0.25) is 0 Å². The molecule has 0 saturated carbocycles. The Morgan fingerprint density at radius 3 is 2.82 bits per heavy atom. The van der Waals surface area contributed by atoms with Crippen molar-refractivity contribution in [2.75, 3.05) is 6.26 Å². The number of para-hydroxylation sites is 1. The Morgan fingerprint density at radius 2 is 2.06 bits per heavy atom. The predicted molar refractivity (Wildman–Crippen MR) is 70.4 cm³/mol. The van der Waals surface area contributed by atoms with Crippen LogP contribution in [0.4, 0.5) is 0 Å². The molecule has 3 nitrogen and oxygen atoms in total. The van der Waals surface area contributed by atoms with E-state index in [-0.39, 0.29) is 0 Å². The Bertz CT molecular complexity index is 457. The first-order chi connectivity index (χ1) is 8.35. The lowest BCUT2D eigenvalue weighted by atomic mass is 10.2. The van der Waals surface area contributed by atoms with Crippen LogP contribution in [0.15, 0.2) is 47.6 Å². The molecule has 0 bridgehead atoms. The van der Waals surface area contributed by atoms with E-state index >= 15 is 0 Å². The van der Waals surface area contributed by atoms with E-state index in [4.69, 9.17) is 10.5 Å². The fourth-order valence-corrected chi connectivity index (χ4v) is 2.01. The number of hydrogen-bond donors (Lipinski definition) is 1. The number of nitrogens with two attached hydrogens (primary N) is 1. The van der Waals surface area contributed by atoms with Gasteiger partial charge in [-0.05, 0) is 24.5 Å². The van der Waals surface area contributed by atoms with Crippen molar-refractivity contribution in [3.05, 3.63) is 48.3 Å².